The summed E-state index contributed by atoms with van der Waals surface area (Å²) in [6.45, 7) is 0. The zero-order valence-electron chi connectivity index (χ0n) is 15.2. The van der Waals surface area contributed by atoms with Crippen molar-refractivity contribution in [1.29, 1.82) is 0 Å². The van der Waals surface area contributed by atoms with Gasteiger partial charge in [0.2, 0.25) is 5.78 Å². The van der Waals surface area contributed by atoms with E-state index >= 15 is 0 Å². The van der Waals surface area contributed by atoms with Gasteiger partial charge in [0.1, 0.15) is 11.5 Å². The first-order valence-corrected chi connectivity index (χ1v) is 8.19. The average molecular weight is 365 g/mol. The number of rotatable bonds is 6. The van der Waals surface area contributed by atoms with Crippen LogP contribution >= 0.6 is 0 Å². The van der Waals surface area contributed by atoms with E-state index in [1.54, 1.807) is 66.5 Å². The molecule has 1 amide bonds. The van der Waals surface area contributed by atoms with Crippen LogP contribution < -0.4 is 14.8 Å². The van der Waals surface area contributed by atoms with Gasteiger partial charge in [0, 0.05) is 30.7 Å². The lowest BCUT2D eigenvalue weighted by molar-refractivity contribution is 0.101. The Labute approximate surface area is 156 Å². The van der Waals surface area contributed by atoms with Crippen LogP contribution in [0.5, 0.6) is 11.5 Å². The summed E-state index contributed by atoms with van der Waals surface area (Å²) in [7, 11) is 4.79. The number of imidazole rings is 1. The van der Waals surface area contributed by atoms with Crippen molar-refractivity contribution in [3.63, 3.8) is 0 Å². The maximum atomic E-state index is 12.6. The summed E-state index contributed by atoms with van der Waals surface area (Å²) in [5, 5.41) is 2.79. The van der Waals surface area contributed by atoms with Crippen LogP contribution in [0, 0.1) is 0 Å². The van der Waals surface area contributed by atoms with E-state index in [1.165, 1.54) is 14.2 Å². The van der Waals surface area contributed by atoms with Gasteiger partial charge in [-0.05, 0) is 42.5 Å². The van der Waals surface area contributed by atoms with Crippen molar-refractivity contribution < 1.29 is 19.1 Å². The van der Waals surface area contributed by atoms with Gasteiger partial charge in [0.05, 0.1) is 19.8 Å². The van der Waals surface area contributed by atoms with Crippen LogP contribution in [0.2, 0.25) is 0 Å². The largest absolute Gasteiger partial charge is 0.497 e. The highest BCUT2D eigenvalue weighted by Crippen LogP contribution is 2.25. The Hall–Kier alpha value is -3.61. The number of aryl methyl sites for hydroxylation is 1. The highest BCUT2D eigenvalue weighted by molar-refractivity contribution is 6.08. The average Bonchev–Trinajstić information content (AvgIpc) is 3.13. The lowest BCUT2D eigenvalue weighted by atomic mass is 10.1. The van der Waals surface area contributed by atoms with Gasteiger partial charge < -0.3 is 19.4 Å². The highest BCUT2D eigenvalue weighted by Gasteiger charge is 2.16. The van der Waals surface area contributed by atoms with Crippen LogP contribution in [0.15, 0.2) is 54.9 Å². The van der Waals surface area contributed by atoms with Gasteiger partial charge in [-0.2, -0.15) is 0 Å². The van der Waals surface area contributed by atoms with Crippen molar-refractivity contribution in [2.45, 2.75) is 0 Å². The Morgan fingerprint density at radius 1 is 1.04 bits per heavy atom. The molecule has 1 heterocycles. The summed E-state index contributed by atoms with van der Waals surface area (Å²) in [6, 6.07) is 11.6. The second-order valence-electron chi connectivity index (χ2n) is 5.79. The molecule has 0 saturated heterocycles. The van der Waals surface area contributed by atoms with Crippen LogP contribution in [0.3, 0.4) is 0 Å². The fourth-order valence-corrected chi connectivity index (χ4v) is 2.61. The molecule has 0 aliphatic heterocycles. The number of methoxy groups -OCH3 is 2. The first-order valence-electron chi connectivity index (χ1n) is 8.19. The number of nitrogens with one attached hydrogen (secondary N) is 1. The number of hydrogen-bond donors (Lipinski definition) is 1. The molecule has 0 aliphatic carbocycles. The van der Waals surface area contributed by atoms with Gasteiger partial charge >= 0.3 is 0 Å². The van der Waals surface area contributed by atoms with E-state index in [0.29, 0.717) is 34.1 Å². The van der Waals surface area contributed by atoms with Crippen molar-refractivity contribution in [1.82, 2.24) is 9.55 Å². The molecule has 3 rings (SSSR count). The molecule has 27 heavy (non-hydrogen) atoms. The molecule has 2 aromatic carbocycles. The van der Waals surface area contributed by atoms with Crippen molar-refractivity contribution in [2.75, 3.05) is 19.5 Å². The number of carbonyl (C=O) groups is 2. The maximum absolute atomic E-state index is 12.6. The predicted molar refractivity (Wildman–Crippen MR) is 101 cm³/mol. The first kappa shape index (κ1) is 18.2. The van der Waals surface area contributed by atoms with Gasteiger partial charge in [0.15, 0.2) is 5.82 Å². The highest BCUT2D eigenvalue weighted by atomic mass is 16.5. The van der Waals surface area contributed by atoms with Gasteiger partial charge in [-0.1, -0.05) is 0 Å². The van der Waals surface area contributed by atoms with Crippen LogP contribution in [-0.2, 0) is 7.05 Å². The molecule has 3 aromatic rings. The Kier molecular flexibility index (Phi) is 5.21. The molecule has 1 N–H and O–H groups in total. The number of hydrogen-bond acceptors (Lipinski definition) is 5. The minimum Gasteiger partial charge on any atom is -0.497 e. The molecule has 0 bridgehead atoms. The number of amides is 1. The predicted octanol–water partition coefficient (Wildman–Crippen LogP) is 2.92. The van der Waals surface area contributed by atoms with Gasteiger partial charge in [-0.3, -0.25) is 9.59 Å². The van der Waals surface area contributed by atoms with Crippen LogP contribution in [-0.4, -0.2) is 35.5 Å². The molecule has 0 aliphatic rings. The molecular weight excluding hydrogens is 346 g/mol. The van der Waals surface area contributed by atoms with Gasteiger partial charge in [-0.25, -0.2) is 4.98 Å². The van der Waals surface area contributed by atoms with Crippen molar-refractivity contribution in [3.8, 4) is 11.5 Å². The topological polar surface area (TPSA) is 82.4 Å². The molecule has 0 radical (unpaired) electrons. The lowest BCUT2D eigenvalue weighted by Gasteiger charge is -2.11. The summed E-state index contributed by atoms with van der Waals surface area (Å²) >= 11 is 0. The number of anilines is 1. The van der Waals surface area contributed by atoms with Gasteiger partial charge in [0.25, 0.3) is 5.91 Å². The normalized spacial score (nSPS) is 10.3. The molecule has 138 valence electrons. The molecule has 7 heteroatoms. The lowest BCUT2D eigenvalue weighted by Crippen LogP contribution is -2.14. The fraction of sp³-hybridized carbons (Fsp3) is 0.150. The zero-order valence-corrected chi connectivity index (χ0v) is 15.2. The summed E-state index contributed by atoms with van der Waals surface area (Å²) in [5.74, 6) is 0.823. The molecule has 0 unspecified atom stereocenters. The van der Waals surface area contributed by atoms with E-state index in [2.05, 4.69) is 10.3 Å². The summed E-state index contributed by atoms with van der Waals surface area (Å²) < 4.78 is 12.1. The van der Waals surface area contributed by atoms with E-state index in [1.807, 2.05) is 0 Å². The van der Waals surface area contributed by atoms with Crippen molar-refractivity contribution >= 4 is 17.4 Å². The van der Waals surface area contributed by atoms with Crippen molar-refractivity contribution in [2.24, 2.45) is 7.05 Å². The Balaban J connectivity index is 1.78. The second kappa shape index (κ2) is 7.74. The third kappa shape index (κ3) is 3.82. The minimum atomic E-state index is -0.339. The van der Waals surface area contributed by atoms with Crippen LogP contribution in [0.4, 0.5) is 5.69 Å². The molecular formula is C20H19N3O4. The molecule has 0 spiro atoms. The number of nitrogens with zero attached hydrogens (tertiary/aromatic N) is 2. The number of ketones is 1. The Morgan fingerprint density at radius 3 is 2.37 bits per heavy atom. The molecule has 0 atom stereocenters. The van der Waals surface area contributed by atoms with Crippen LogP contribution in [0.1, 0.15) is 26.5 Å². The van der Waals surface area contributed by atoms with E-state index in [-0.39, 0.29) is 11.7 Å². The standard InChI is InChI=1S/C20H19N3O4/c1-23-11-10-21-19(23)18(24)13-4-6-14(7-5-13)22-20(25)16-12-15(26-2)8-9-17(16)27-3/h4-12H,1-3H3,(H,22,25). The monoisotopic (exact) mass is 365 g/mol. The van der Waals surface area contributed by atoms with Gasteiger partial charge in [-0.15, -0.1) is 0 Å². The fourth-order valence-electron chi connectivity index (χ4n) is 2.61. The SMILES string of the molecule is COc1ccc(OC)c(C(=O)Nc2ccc(C(=O)c3nccn3C)cc2)c1. The quantitative estimate of drug-likeness (QED) is 0.679. The summed E-state index contributed by atoms with van der Waals surface area (Å²) in [5.41, 5.74) is 1.40. The Morgan fingerprint density at radius 2 is 1.78 bits per heavy atom. The Bertz CT molecular complexity index is 977. The zero-order chi connectivity index (χ0) is 19.4. The van der Waals surface area contributed by atoms with E-state index in [9.17, 15) is 9.59 Å². The van der Waals surface area contributed by atoms with E-state index in [0.717, 1.165) is 0 Å². The minimum absolute atomic E-state index is 0.185. The second-order valence-corrected chi connectivity index (χ2v) is 5.79. The first-order chi connectivity index (χ1) is 13.0. The van der Waals surface area contributed by atoms with E-state index < -0.39 is 0 Å². The smallest absolute Gasteiger partial charge is 0.259 e. The molecule has 0 fully saturated rings. The number of benzene rings is 2. The van der Waals surface area contributed by atoms with Crippen molar-refractivity contribution in [3.05, 3.63) is 71.8 Å². The summed E-state index contributed by atoms with van der Waals surface area (Å²) in [6.07, 6.45) is 3.28. The number of carbonyl (C=O) groups excluding carboxylic acids is 2. The molecule has 1 aromatic heterocycles. The van der Waals surface area contributed by atoms with Crippen LogP contribution in [0.25, 0.3) is 0 Å². The number of ether oxygens (including phenoxy) is 2. The molecule has 0 saturated carbocycles. The summed E-state index contributed by atoms with van der Waals surface area (Å²) in [4.78, 5) is 29.1. The van der Waals surface area contributed by atoms with E-state index in [4.69, 9.17) is 9.47 Å². The number of aromatic nitrogens is 2. The third-order valence-corrected chi connectivity index (χ3v) is 4.08. The third-order valence-electron chi connectivity index (χ3n) is 4.08. The maximum Gasteiger partial charge on any atom is 0.259 e. The molecule has 7 nitrogen and oxygen atoms in total.